The second kappa shape index (κ2) is 8.26. The van der Waals surface area contributed by atoms with E-state index in [1.54, 1.807) is 3.11 Å². The van der Waals surface area contributed by atoms with Gasteiger partial charge in [0, 0.05) is 6.54 Å². The lowest BCUT2D eigenvalue weighted by Gasteiger charge is -2.07. The Morgan fingerprint density at radius 1 is 1.55 bits per heavy atom. The van der Waals surface area contributed by atoms with Crippen LogP contribution in [-0.4, -0.2) is 29.2 Å². The van der Waals surface area contributed by atoms with Gasteiger partial charge < -0.3 is 5.32 Å². The van der Waals surface area contributed by atoms with Gasteiger partial charge in [0.05, 0.1) is 22.9 Å². The maximum Gasteiger partial charge on any atom is 0.218 e. The molecule has 0 unspecified atom stereocenters. The lowest BCUT2D eigenvalue weighted by Crippen LogP contribution is -2.20. The van der Waals surface area contributed by atoms with Crippen LogP contribution in [-0.2, 0) is 4.79 Å². The zero-order valence-corrected chi connectivity index (χ0v) is 9.00. The summed E-state index contributed by atoms with van der Waals surface area (Å²) in [7, 11) is 0. The van der Waals surface area contributed by atoms with Gasteiger partial charge in [-0.05, 0) is 25.9 Å². The number of rotatable bonds is 7. The topological polar surface area (TPSA) is 32.3 Å². The molecule has 0 rings (SSSR count). The van der Waals surface area contributed by atoms with E-state index >= 15 is 0 Å². The molecule has 0 saturated carbocycles. The van der Waals surface area contributed by atoms with Crippen molar-refractivity contribution in [2.45, 2.75) is 19.8 Å². The Kier molecular flexibility index (Phi) is 8.38. The molecule has 11 heavy (non-hydrogen) atoms. The molecule has 0 aliphatic heterocycles. The quantitative estimate of drug-likeness (QED) is 0.326. The number of hydrogen-bond donors (Lipinski definition) is 1. The summed E-state index contributed by atoms with van der Waals surface area (Å²) in [5.74, 6) is 0. The summed E-state index contributed by atoms with van der Waals surface area (Å²) in [6.45, 7) is 5.05. The first-order valence-corrected chi connectivity index (χ1v) is 4.86. The molecule has 66 valence electrons. The molecule has 0 aromatic rings. The number of amides is 1. The highest BCUT2D eigenvalue weighted by Gasteiger charge is 1.93. The molecule has 1 amide bonds. The number of carbonyl (C=O) groups excluding carboxylic acids is 1. The Labute approximate surface area is 82.0 Å². The van der Waals surface area contributed by atoms with E-state index in [4.69, 9.17) is 0 Å². The molecule has 0 aromatic carbocycles. The van der Waals surface area contributed by atoms with E-state index in [0.717, 1.165) is 32.5 Å². The molecule has 0 saturated heterocycles. The number of carbonyl (C=O) groups is 1. The molecular formula is C7H15IN2O. The van der Waals surface area contributed by atoms with Crippen LogP contribution in [0.15, 0.2) is 0 Å². The Morgan fingerprint density at radius 3 is 2.82 bits per heavy atom. The Morgan fingerprint density at radius 2 is 2.27 bits per heavy atom. The summed E-state index contributed by atoms with van der Waals surface area (Å²) in [6.07, 6.45) is 3.05. The van der Waals surface area contributed by atoms with Crippen LogP contribution in [0.4, 0.5) is 0 Å². The van der Waals surface area contributed by atoms with Crippen LogP contribution in [0.2, 0.25) is 0 Å². The van der Waals surface area contributed by atoms with Gasteiger partial charge in [-0.1, -0.05) is 6.92 Å². The van der Waals surface area contributed by atoms with Crippen molar-refractivity contribution in [3.8, 4) is 0 Å². The first-order valence-electron chi connectivity index (χ1n) is 3.89. The maximum atomic E-state index is 10.1. The van der Waals surface area contributed by atoms with Crippen molar-refractivity contribution in [1.82, 2.24) is 8.43 Å². The molecule has 0 aliphatic carbocycles. The smallest absolute Gasteiger partial charge is 0.218 e. The molecular weight excluding hydrogens is 255 g/mol. The molecule has 4 heteroatoms. The fourth-order valence-electron chi connectivity index (χ4n) is 0.710. The molecule has 0 spiro atoms. The number of nitrogens with zero attached hydrogens (tertiary/aromatic N) is 1. The third kappa shape index (κ3) is 8.06. The zero-order chi connectivity index (χ0) is 8.53. The highest BCUT2D eigenvalue weighted by Crippen LogP contribution is 1.94. The third-order valence-corrected chi connectivity index (χ3v) is 1.98. The molecule has 0 aliphatic rings. The van der Waals surface area contributed by atoms with E-state index < -0.39 is 0 Å². The van der Waals surface area contributed by atoms with Crippen molar-refractivity contribution in [3.63, 3.8) is 0 Å². The average Bonchev–Trinajstić information content (AvgIpc) is 2.04. The van der Waals surface area contributed by atoms with E-state index in [1.165, 1.54) is 6.42 Å². The van der Waals surface area contributed by atoms with E-state index in [1.807, 2.05) is 22.9 Å². The Balaban J connectivity index is 2.95. The minimum absolute atomic E-state index is 0.834. The van der Waals surface area contributed by atoms with Gasteiger partial charge in [0.25, 0.3) is 0 Å². The van der Waals surface area contributed by atoms with Crippen LogP contribution in [0.25, 0.3) is 0 Å². The van der Waals surface area contributed by atoms with Gasteiger partial charge in [-0.3, -0.25) is 7.91 Å². The van der Waals surface area contributed by atoms with Crippen molar-refractivity contribution >= 4 is 29.3 Å². The van der Waals surface area contributed by atoms with E-state index in [9.17, 15) is 4.79 Å². The van der Waals surface area contributed by atoms with Crippen LogP contribution < -0.4 is 5.32 Å². The Bertz CT molecular complexity index is 100. The number of hydrogen-bond acceptors (Lipinski definition) is 2. The molecule has 0 aromatic heterocycles. The fraction of sp³-hybridized carbons (Fsp3) is 0.857. The summed E-state index contributed by atoms with van der Waals surface area (Å²) in [6, 6.07) is 0. The monoisotopic (exact) mass is 270 g/mol. The largest absolute Gasteiger partial charge is 0.317 e. The first kappa shape index (κ1) is 11.2. The molecule has 0 heterocycles. The second-order valence-electron chi connectivity index (χ2n) is 2.33. The average molecular weight is 270 g/mol. The van der Waals surface area contributed by atoms with Crippen molar-refractivity contribution in [1.29, 1.82) is 0 Å². The number of nitrogens with one attached hydrogen (secondary N) is 1. The second-order valence-corrected chi connectivity index (χ2v) is 3.57. The minimum Gasteiger partial charge on any atom is -0.317 e. The highest BCUT2D eigenvalue weighted by atomic mass is 127. The van der Waals surface area contributed by atoms with Crippen LogP contribution >= 0.6 is 22.9 Å². The maximum absolute atomic E-state index is 10.1. The van der Waals surface area contributed by atoms with Crippen LogP contribution in [0.1, 0.15) is 19.8 Å². The van der Waals surface area contributed by atoms with Gasteiger partial charge in [-0.15, -0.1) is 0 Å². The third-order valence-electron chi connectivity index (χ3n) is 1.27. The normalized spacial score (nSPS) is 9.64. The molecule has 0 atom stereocenters. The summed E-state index contributed by atoms with van der Waals surface area (Å²) in [5.41, 5.74) is 0. The van der Waals surface area contributed by atoms with E-state index in [0.29, 0.717) is 0 Å². The molecule has 0 bridgehead atoms. The van der Waals surface area contributed by atoms with Crippen LogP contribution in [0.3, 0.4) is 0 Å². The molecule has 0 radical (unpaired) electrons. The Hall–Kier alpha value is 0.160. The van der Waals surface area contributed by atoms with Gasteiger partial charge in [0.15, 0.2) is 0 Å². The van der Waals surface area contributed by atoms with Gasteiger partial charge in [-0.2, -0.15) is 0 Å². The van der Waals surface area contributed by atoms with Crippen LogP contribution in [0.5, 0.6) is 0 Å². The summed E-state index contributed by atoms with van der Waals surface area (Å²) in [5, 5.41) is 3.27. The van der Waals surface area contributed by atoms with E-state index in [-0.39, 0.29) is 0 Å². The van der Waals surface area contributed by atoms with Gasteiger partial charge in [0.1, 0.15) is 0 Å². The SMILES string of the molecule is CCCNCCCN(I)C=O. The van der Waals surface area contributed by atoms with E-state index in [2.05, 4.69) is 12.2 Å². The fourth-order valence-corrected chi connectivity index (χ4v) is 1.05. The summed E-state index contributed by atoms with van der Waals surface area (Å²) >= 11 is 2.00. The highest BCUT2D eigenvalue weighted by molar-refractivity contribution is 14.1. The predicted octanol–water partition coefficient (Wildman–Crippen LogP) is 1.18. The van der Waals surface area contributed by atoms with Gasteiger partial charge in [-0.25, -0.2) is 0 Å². The molecule has 1 N–H and O–H groups in total. The standard InChI is InChI=1S/C7H15IN2O/c1-2-4-9-5-3-6-10(8)7-11/h7,9H,2-6H2,1H3. The van der Waals surface area contributed by atoms with Crippen molar-refractivity contribution in [3.05, 3.63) is 0 Å². The summed E-state index contributed by atoms with van der Waals surface area (Å²) in [4.78, 5) is 10.1. The minimum atomic E-state index is 0.834. The summed E-state index contributed by atoms with van der Waals surface area (Å²) < 4.78 is 1.63. The first-order chi connectivity index (χ1) is 5.31. The molecule has 3 nitrogen and oxygen atoms in total. The lowest BCUT2D eigenvalue weighted by atomic mass is 10.4. The van der Waals surface area contributed by atoms with Gasteiger partial charge >= 0.3 is 0 Å². The number of halogens is 1. The molecule has 0 fully saturated rings. The predicted molar refractivity (Wildman–Crippen MR) is 54.6 cm³/mol. The van der Waals surface area contributed by atoms with Crippen molar-refractivity contribution in [2.75, 3.05) is 19.6 Å². The lowest BCUT2D eigenvalue weighted by molar-refractivity contribution is -0.113. The zero-order valence-electron chi connectivity index (χ0n) is 6.85. The van der Waals surface area contributed by atoms with Gasteiger partial charge in [0.2, 0.25) is 6.41 Å². The van der Waals surface area contributed by atoms with Crippen LogP contribution in [0, 0.1) is 0 Å². The van der Waals surface area contributed by atoms with Crippen molar-refractivity contribution < 1.29 is 4.79 Å². The van der Waals surface area contributed by atoms with Crippen molar-refractivity contribution in [2.24, 2.45) is 0 Å².